The summed E-state index contributed by atoms with van der Waals surface area (Å²) >= 11 is 0. The SMILES string of the molecule is OB(O)c1ccc(F)c(-c2ccnnc2)c1. The highest BCUT2D eigenvalue weighted by atomic mass is 19.1. The van der Waals surface area contributed by atoms with Gasteiger partial charge in [-0.2, -0.15) is 10.2 Å². The molecule has 2 rings (SSSR count). The first-order chi connectivity index (χ1) is 7.68. The van der Waals surface area contributed by atoms with Crippen molar-refractivity contribution < 1.29 is 14.4 Å². The summed E-state index contributed by atoms with van der Waals surface area (Å²) < 4.78 is 13.5. The summed E-state index contributed by atoms with van der Waals surface area (Å²) in [6, 6.07) is 5.47. The van der Waals surface area contributed by atoms with Crippen molar-refractivity contribution in [3.63, 3.8) is 0 Å². The van der Waals surface area contributed by atoms with Crippen LogP contribution in [0.3, 0.4) is 0 Å². The van der Waals surface area contributed by atoms with Crippen molar-refractivity contribution in [1.29, 1.82) is 0 Å². The molecule has 0 radical (unpaired) electrons. The molecule has 2 aromatic rings. The van der Waals surface area contributed by atoms with Gasteiger partial charge in [0, 0.05) is 11.1 Å². The Labute approximate surface area is 91.5 Å². The number of nitrogens with zero attached hydrogens (tertiary/aromatic N) is 2. The van der Waals surface area contributed by atoms with Crippen molar-refractivity contribution in [2.75, 3.05) is 0 Å². The quantitative estimate of drug-likeness (QED) is 0.694. The first kappa shape index (κ1) is 10.7. The van der Waals surface area contributed by atoms with Crippen LogP contribution >= 0.6 is 0 Å². The summed E-state index contributed by atoms with van der Waals surface area (Å²) in [6.07, 6.45) is 2.85. The van der Waals surface area contributed by atoms with Gasteiger partial charge in [-0.3, -0.25) is 0 Å². The van der Waals surface area contributed by atoms with Gasteiger partial charge in [-0.15, -0.1) is 0 Å². The van der Waals surface area contributed by atoms with Gasteiger partial charge in [0.2, 0.25) is 0 Å². The molecule has 1 heterocycles. The first-order valence-electron chi connectivity index (χ1n) is 4.61. The smallest absolute Gasteiger partial charge is 0.423 e. The lowest BCUT2D eigenvalue weighted by atomic mass is 9.79. The first-order valence-corrected chi connectivity index (χ1v) is 4.61. The zero-order chi connectivity index (χ0) is 11.5. The van der Waals surface area contributed by atoms with E-state index in [1.54, 1.807) is 6.07 Å². The van der Waals surface area contributed by atoms with Crippen LogP contribution in [0.1, 0.15) is 0 Å². The number of aromatic nitrogens is 2. The monoisotopic (exact) mass is 218 g/mol. The second-order valence-corrected chi connectivity index (χ2v) is 3.24. The summed E-state index contributed by atoms with van der Waals surface area (Å²) in [7, 11) is -1.62. The molecule has 0 aliphatic carbocycles. The maximum absolute atomic E-state index is 13.5. The summed E-state index contributed by atoms with van der Waals surface area (Å²) in [4.78, 5) is 0. The Morgan fingerprint density at radius 3 is 2.56 bits per heavy atom. The van der Waals surface area contributed by atoms with E-state index < -0.39 is 12.9 Å². The molecule has 0 atom stereocenters. The van der Waals surface area contributed by atoms with Gasteiger partial charge in [0.25, 0.3) is 0 Å². The molecular weight excluding hydrogens is 210 g/mol. The minimum atomic E-state index is -1.62. The predicted octanol–water partition coefficient (Wildman–Crippen LogP) is -0.0375. The fourth-order valence-electron chi connectivity index (χ4n) is 1.37. The Bertz CT molecular complexity index is 493. The van der Waals surface area contributed by atoms with Crippen LogP contribution in [0.2, 0.25) is 0 Å². The lowest BCUT2D eigenvalue weighted by Gasteiger charge is -2.05. The van der Waals surface area contributed by atoms with Crippen LogP contribution in [0, 0.1) is 5.82 Å². The Morgan fingerprint density at radius 1 is 1.12 bits per heavy atom. The number of halogens is 1. The Kier molecular flexibility index (Phi) is 2.94. The third-order valence-electron chi connectivity index (χ3n) is 2.18. The van der Waals surface area contributed by atoms with E-state index in [9.17, 15) is 4.39 Å². The molecule has 1 aromatic carbocycles. The second kappa shape index (κ2) is 4.38. The van der Waals surface area contributed by atoms with Gasteiger partial charge in [-0.1, -0.05) is 12.1 Å². The third-order valence-corrected chi connectivity index (χ3v) is 2.18. The van der Waals surface area contributed by atoms with E-state index in [1.165, 1.54) is 30.6 Å². The maximum atomic E-state index is 13.5. The average molecular weight is 218 g/mol. The Hall–Kier alpha value is -1.79. The van der Waals surface area contributed by atoms with Crippen molar-refractivity contribution in [3.8, 4) is 11.1 Å². The molecule has 80 valence electrons. The standard InChI is InChI=1S/C10H8BFN2O2/c12-10-2-1-8(11(15)16)5-9(10)7-3-4-13-14-6-7/h1-6,15-16H. The molecule has 0 saturated heterocycles. The highest BCUT2D eigenvalue weighted by Gasteiger charge is 2.14. The summed E-state index contributed by atoms with van der Waals surface area (Å²) in [5.41, 5.74) is 1.03. The molecule has 2 N–H and O–H groups in total. The lowest BCUT2D eigenvalue weighted by Crippen LogP contribution is -2.29. The average Bonchev–Trinajstić information content (AvgIpc) is 2.30. The number of hydrogen-bond acceptors (Lipinski definition) is 4. The Balaban J connectivity index is 2.52. The highest BCUT2D eigenvalue weighted by molar-refractivity contribution is 6.58. The fraction of sp³-hybridized carbons (Fsp3) is 0. The molecule has 0 aliphatic rings. The van der Waals surface area contributed by atoms with Crippen molar-refractivity contribution in [2.24, 2.45) is 0 Å². The van der Waals surface area contributed by atoms with E-state index in [2.05, 4.69) is 10.2 Å². The van der Waals surface area contributed by atoms with E-state index in [1.807, 2.05) is 0 Å². The van der Waals surface area contributed by atoms with Crippen molar-refractivity contribution in [3.05, 3.63) is 42.5 Å². The molecule has 0 unspecified atom stereocenters. The van der Waals surface area contributed by atoms with Crippen LogP contribution in [0.5, 0.6) is 0 Å². The lowest BCUT2D eigenvalue weighted by molar-refractivity contribution is 0.425. The van der Waals surface area contributed by atoms with Crippen LogP contribution in [-0.2, 0) is 0 Å². The van der Waals surface area contributed by atoms with E-state index in [0.29, 0.717) is 5.56 Å². The van der Waals surface area contributed by atoms with Gasteiger partial charge in [0.05, 0.1) is 12.4 Å². The summed E-state index contributed by atoms with van der Waals surface area (Å²) in [6.45, 7) is 0. The van der Waals surface area contributed by atoms with Gasteiger partial charge in [-0.25, -0.2) is 4.39 Å². The van der Waals surface area contributed by atoms with E-state index in [0.717, 1.165) is 0 Å². The molecule has 0 aliphatic heterocycles. The normalized spacial score (nSPS) is 10.2. The molecule has 0 fully saturated rings. The van der Waals surface area contributed by atoms with E-state index in [4.69, 9.17) is 10.0 Å². The predicted molar refractivity (Wildman–Crippen MR) is 57.3 cm³/mol. The second-order valence-electron chi connectivity index (χ2n) is 3.24. The summed E-state index contributed by atoms with van der Waals surface area (Å²) in [5, 5.41) is 25.2. The molecule has 1 aromatic heterocycles. The Morgan fingerprint density at radius 2 is 1.94 bits per heavy atom. The molecule has 0 saturated carbocycles. The van der Waals surface area contributed by atoms with Crippen molar-refractivity contribution in [2.45, 2.75) is 0 Å². The molecule has 0 bridgehead atoms. The van der Waals surface area contributed by atoms with Gasteiger partial charge in [0.1, 0.15) is 5.82 Å². The molecular formula is C10H8BFN2O2. The molecule has 0 spiro atoms. The molecule has 6 heteroatoms. The number of benzene rings is 1. The molecule has 0 amide bonds. The molecule has 4 nitrogen and oxygen atoms in total. The zero-order valence-electron chi connectivity index (χ0n) is 8.21. The van der Waals surface area contributed by atoms with E-state index >= 15 is 0 Å². The number of rotatable bonds is 2. The van der Waals surface area contributed by atoms with Gasteiger partial charge in [0.15, 0.2) is 0 Å². The van der Waals surface area contributed by atoms with Crippen LogP contribution in [0.15, 0.2) is 36.7 Å². The maximum Gasteiger partial charge on any atom is 0.488 e. The minimum Gasteiger partial charge on any atom is -0.423 e. The highest BCUT2D eigenvalue weighted by Crippen LogP contribution is 2.19. The third kappa shape index (κ3) is 2.07. The van der Waals surface area contributed by atoms with Crippen LogP contribution < -0.4 is 5.46 Å². The van der Waals surface area contributed by atoms with Gasteiger partial charge in [-0.05, 0) is 17.6 Å². The topological polar surface area (TPSA) is 66.2 Å². The van der Waals surface area contributed by atoms with Crippen LogP contribution in [0.25, 0.3) is 11.1 Å². The number of hydrogen-bond donors (Lipinski definition) is 2. The van der Waals surface area contributed by atoms with Gasteiger partial charge >= 0.3 is 7.12 Å². The fourth-order valence-corrected chi connectivity index (χ4v) is 1.37. The van der Waals surface area contributed by atoms with Crippen molar-refractivity contribution in [1.82, 2.24) is 10.2 Å². The van der Waals surface area contributed by atoms with Crippen LogP contribution in [0.4, 0.5) is 4.39 Å². The largest absolute Gasteiger partial charge is 0.488 e. The zero-order valence-corrected chi connectivity index (χ0v) is 8.21. The van der Waals surface area contributed by atoms with Crippen LogP contribution in [-0.4, -0.2) is 27.4 Å². The molecule has 16 heavy (non-hydrogen) atoms. The van der Waals surface area contributed by atoms with Gasteiger partial charge < -0.3 is 10.0 Å². The van der Waals surface area contributed by atoms with Crippen molar-refractivity contribution >= 4 is 12.6 Å². The van der Waals surface area contributed by atoms with E-state index in [-0.39, 0.29) is 11.0 Å². The summed E-state index contributed by atoms with van der Waals surface area (Å²) in [5.74, 6) is -0.447. The minimum absolute atomic E-state index is 0.230.